The third-order valence-electron chi connectivity index (χ3n) is 3.70. The van der Waals surface area contributed by atoms with Gasteiger partial charge in [0, 0.05) is 11.8 Å². The Hall–Kier alpha value is -2.46. The van der Waals surface area contributed by atoms with Crippen LogP contribution in [0.25, 0.3) is 22.2 Å². The fourth-order valence-electron chi connectivity index (χ4n) is 2.68. The van der Waals surface area contributed by atoms with Gasteiger partial charge in [0.2, 0.25) is 0 Å². The highest BCUT2D eigenvalue weighted by Crippen LogP contribution is 2.26. The van der Waals surface area contributed by atoms with E-state index in [2.05, 4.69) is 9.97 Å². The van der Waals surface area contributed by atoms with E-state index in [1.807, 2.05) is 31.2 Å². The zero-order valence-electron chi connectivity index (χ0n) is 11.8. The molecule has 0 aliphatic rings. The number of H-pyrrole nitrogens is 1. The van der Waals surface area contributed by atoms with E-state index in [0.29, 0.717) is 10.9 Å². The monoisotopic (exact) mass is 280 g/mol. The van der Waals surface area contributed by atoms with Crippen LogP contribution in [0.15, 0.2) is 47.4 Å². The molecule has 0 radical (unpaired) electrons. The second-order valence-corrected chi connectivity index (χ2v) is 4.90. The van der Waals surface area contributed by atoms with Crippen molar-refractivity contribution in [2.75, 3.05) is 0 Å². The molecule has 0 aliphatic heterocycles. The van der Waals surface area contributed by atoms with E-state index < -0.39 is 0 Å². The molecule has 0 bridgehead atoms. The van der Waals surface area contributed by atoms with Crippen LogP contribution in [0.1, 0.15) is 18.1 Å². The number of fused-ring (bicyclic) bond motifs is 1. The number of nitrogens with one attached hydrogen (secondary N) is 1. The molecule has 2 heterocycles. The number of aromatic nitrogens is 2. The topological polar surface area (TPSA) is 66.0 Å². The Kier molecular flexibility index (Phi) is 3.54. The average Bonchev–Trinajstić information content (AvgIpc) is 2.54. The fourth-order valence-corrected chi connectivity index (χ4v) is 2.68. The largest absolute Gasteiger partial charge is 0.392 e. The number of aromatic amines is 1. The van der Waals surface area contributed by atoms with Gasteiger partial charge in [-0.15, -0.1) is 0 Å². The molecule has 0 aliphatic carbocycles. The summed E-state index contributed by atoms with van der Waals surface area (Å²) in [6, 6.07) is 11.1. The van der Waals surface area contributed by atoms with Gasteiger partial charge in [0.05, 0.1) is 23.2 Å². The molecule has 2 aromatic heterocycles. The van der Waals surface area contributed by atoms with Gasteiger partial charge < -0.3 is 10.1 Å². The van der Waals surface area contributed by atoms with E-state index in [-0.39, 0.29) is 12.2 Å². The van der Waals surface area contributed by atoms with Crippen molar-refractivity contribution in [2.24, 2.45) is 0 Å². The summed E-state index contributed by atoms with van der Waals surface area (Å²) in [5.41, 5.74) is 4.13. The molecular weight excluding hydrogens is 264 g/mol. The van der Waals surface area contributed by atoms with Gasteiger partial charge in [0.1, 0.15) is 0 Å². The highest BCUT2D eigenvalue weighted by atomic mass is 16.3. The number of nitrogens with zero attached hydrogens (tertiary/aromatic N) is 1. The lowest BCUT2D eigenvalue weighted by Crippen LogP contribution is -2.09. The quantitative estimate of drug-likeness (QED) is 0.775. The van der Waals surface area contributed by atoms with Crippen molar-refractivity contribution in [1.82, 2.24) is 9.97 Å². The molecule has 3 rings (SSSR count). The number of hydrogen-bond donors (Lipinski definition) is 2. The minimum atomic E-state index is -0.146. The van der Waals surface area contributed by atoms with Crippen molar-refractivity contribution in [3.05, 3.63) is 64.1 Å². The van der Waals surface area contributed by atoms with Crippen molar-refractivity contribution in [1.29, 1.82) is 0 Å². The minimum absolute atomic E-state index is 0.00687. The average molecular weight is 280 g/mol. The van der Waals surface area contributed by atoms with E-state index >= 15 is 0 Å². The van der Waals surface area contributed by atoms with E-state index in [1.165, 1.54) is 0 Å². The molecule has 1 aromatic carbocycles. The maximum atomic E-state index is 12.2. The van der Waals surface area contributed by atoms with Crippen molar-refractivity contribution < 1.29 is 5.11 Å². The lowest BCUT2D eigenvalue weighted by molar-refractivity contribution is 0.281. The lowest BCUT2D eigenvalue weighted by atomic mass is 9.96. The molecule has 0 amide bonds. The van der Waals surface area contributed by atoms with Gasteiger partial charge in [-0.25, -0.2) is 0 Å². The molecular formula is C17H16N2O2. The van der Waals surface area contributed by atoms with Gasteiger partial charge in [0.25, 0.3) is 5.56 Å². The lowest BCUT2D eigenvalue weighted by Gasteiger charge is -2.12. The normalized spacial score (nSPS) is 11.0. The van der Waals surface area contributed by atoms with Crippen molar-refractivity contribution in [3.63, 3.8) is 0 Å². The Morgan fingerprint density at radius 3 is 2.86 bits per heavy atom. The van der Waals surface area contributed by atoms with Gasteiger partial charge in [-0.3, -0.25) is 9.78 Å². The van der Waals surface area contributed by atoms with Gasteiger partial charge in [-0.2, -0.15) is 0 Å². The Balaban J connectivity index is 2.28. The number of benzene rings is 1. The Labute approximate surface area is 122 Å². The van der Waals surface area contributed by atoms with Crippen LogP contribution in [0.2, 0.25) is 0 Å². The first-order valence-electron chi connectivity index (χ1n) is 6.94. The second-order valence-electron chi connectivity index (χ2n) is 4.90. The Morgan fingerprint density at radius 2 is 2.10 bits per heavy atom. The van der Waals surface area contributed by atoms with E-state index in [4.69, 9.17) is 0 Å². The van der Waals surface area contributed by atoms with Crippen LogP contribution < -0.4 is 5.56 Å². The predicted molar refractivity (Wildman–Crippen MR) is 83.1 cm³/mol. The maximum absolute atomic E-state index is 12.2. The van der Waals surface area contributed by atoms with Gasteiger partial charge in [0.15, 0.2) is 0 Å². The molecule has 21 heavy (non-hydrogen) atoms. The fraction of sp³-hybridized carbons (Fsp3) is 0.176. The Morgan fingerprint density at radius 1 is 1.24 bits per heavy atom. The summed E-state index contributed by atoms with van der Waals surface area (Å²) in [7, 11) is 0. The second kappa shape index (κ2) is 5.50. The molecule has 0 saturated heterocycles. The zero-order chi connectivity index (χ0) is 14.8. The maximum Gasteiger partial charge on any atom is 0.257 e. The van der Waals surface area contributed by atoms with Crippen LogP contribution in [0.5, 0.6) is 0 Å². The molecule has 0 unspecified atom stereocenters. The van der Waals surface area contributed by atoms with Crippen molar-refractivity contribution in [2.45, 2.75) is 20.0 Å². The van der Waals surface area contributed by atoms with Crippen LogP contribution in [0.4, 0.5) is 0 Å². The smallest absolute Gasteiger partial charge is 0.257 e. The number of pyridine rings is 2. The SMILES string of the molecule is CCc1c(CO)cccc1-c1cc2ncccc2c(=O)[nH]1. The third-order valence-corrected chi connectivity index (χ3v) is 3.70. The first-order chi connectivity index (χ1) is 10.2. The summed E-state index contributed by atoms with van der Waals surface area (Å²) in [4.78, 5) is 19.4. The standard InChI is InChI=1S/C17H16N2O2/c1-2-12-11(10-20)5-3-6-13(12)16-9-15-14(17(21)19-16)7-4-8-18-15/h3-9,20H,2,10H2,1H3,(H,19,21). The number of aliphatic hydroxyl groups excluding tert-OH is 1. The first-order valence-corrected chi connectivity index (χ1v) is 6.94. The van der Waals surface area contributed by atoms with Gasteiger partial charge in [-0.05, 0) is 35.7 Å². The molecule has 0 spiro atoms. The van der Waals surface area contributed by atoms with Crippen LogP contribution >= 0.6 is 0 Å². The van der Waals surface area contributed by atoms with Crippen molar-refractivity contribution in [3.8, 4) is 11.3 Å². The van der Waals surface area contributed by atoms with E-state index in [0.717, 1.165) is 28.8 Å². The van der Waals surface area contributed by atoms with E-state index in [1.54, 1.807) is 18.3 Å². The number of aliphatic hydroxyl groups is 1. The number of hydrogen-bond acceptors (Lipinski definition) is 3. The molecule has 0 atom stereocenters. The zero-order valence-corrected chi connectivity index (χ0v) is 11.8. The van der Waals surface area contributed by atoms with Crippen LogP contribution in [-0.2, 0) is 13.0 Å². The summed E-state index contributed by atoms with van der Waals surface area (Å²) in [6.07, 6.45) is 2.46. The molecule has 4 heteroatoms. The molecule has 0 saturated carbocycles. The molecule has 4 nitrogen and oxygen atoms in total. The molecule has 3 aromatic rings. The van der Waals surface area contributed by atoms with E-state index in [9.17, 15) is 9.90 Å². The molecule has 106 valence electrons. The third kappa shape index (κ3) is 2.34. The predicted octanol–water partition coefficient (Wildman–Crippen LogP) is 2.64. The highest BCUT2D eigenvalue weighted by Gasteiger charge is 2.10. The van der Waals surface area contributed by atoms with Crippen LogP contribution in [0.3, 0.4) is 0 Å². The molecule has 2 N–H and O–H groups in total. The van der Waals surface area contributed by atoms with Crippen LogP contribution in [0, 0.1) is 0 Å². The first kappa shape index (κ1) is 13.5. The Bertz CT molecular complexity index is 853. The molecule has 0 fully saturated rings. The van der Waals surface area contributed by atoms with Gasteiger partial charge in [-0.1, -0.05) is 25.1 Å². The summed E-state index contributed by atoms with van der Waals surface area (Å²) in [5.74, 6) is 0. The summed E-state index contributed by atoms with van der Waals surface area (Å²) < 4.78 is 0. The minimum Gasteiger partial charge on any atom is -0.392 e. The summed E-state index contributed by atoms with van der Waals surface area (Å²) in [6.45, 7) is 2.03. The summed E-state index contributed by atoms with van der Waals surface area (Å²) in [5, 5.41) is 10.0. The summed E-state index contributed by atoms with van der Waals surface area (Å²) >= 11 is 0. The van der Waals surface area contributed by atoms with Crippen LogP contribution in [-0.4, -0.2) is 15.1 Å². The highest BCUT2D eigenvalue weighted by molar-refractivity contribution is 5.82. The van der Waals surface area contributed by atoms with Crippen molar-refractivity contribution >= 4 is 10.9 Å². The number of rotatable bonds is 3. The van der Waals surface area contributed by atoms with Gasteiger partial charge >= 0.3 is 0 Å².